The Labute approximate surface area is 178 Å². The number of hydrogen-bond acceptors (Lipinski definition) is 5. The van der Waals surface area contributed by atoms with Gasteiger partial charge in [-0.25, -0.2) is 4.98 Å². The second kappa shape index (κ2) is 9.80. The number of thiazole rings is 1. The highest BCUT2D eigenvalue weighted by molar-refractivity contribution is 7.17. The van der Waals surface area contributed by atoms with Crippen molar-refractivity contribution in [2.75, 3.05) is 6.54 Å². The maximum Gasteiger partial charge on any atom is 0.281 e. The van der Waals surface area contributed by atoms with Gasteiger partial charge in [0.15, 0.2) is 0 Å². The van der Waals surface area contributed by atoms with Crippen molar-refractivity contribution >= 4 is 29.1 Å². The van der Waals surface area contributed by atoms with Gasteiger partial charge in [0.1, 0.15) is 9.88 Å². The molecular formula is C22H22N4O3S. The van der Waals surface area contributed by atoms with Crippen molar-refractivity contribution in [3.63, 3.8) is 0 Å². The van der Waals surface area contributed by atoms with Crippen LogP contribution in [-0.4, -0.2) is 29.3 Å². The minimum absolute atomic E-state index is 0.0365. The summed E-state index contributed by atoms with van der Waals surface area (Å²) in [5.41, 5.74) is 7.73. The molecule has 0 saturated carbocycles. The van der Waals surface area contributed by atoms with Crippen LogP contribution in [0.1, 0.15) is 37.7 Å². The van der Waals surface area contributed by atoms with E-state index in [0.717, 1.165) is 16.1 Å². The molecule has 8 heteroatoms. The van der Waals surface area contributed by atoms with Crippen LogP contribution in [0.2, 0.25) is 0 Å². The topological polar surface area (TPSA) is 100 Å². The molecule has 0 saturated heterocycles. The van der Waals surface area contributed by atoms with Crippen LogP contribution in [0.3, 0.4) is 0 Å². The molecule has 0 fully saturated rings. The lowest BCUT2D eigenvalue weighted by Crippen LogP contribution is -2.42. The lowest BCUT2D eigenvalue weighted by Gasteiger charge is -2.09. The van der Waals surface area contributed by atoms with Crippen LogP contribution < -0.4 is 16.2 Å². The number of benzene rings is 2. The molecule has 154 valence electrons. The molecule has 0 bridgehead atoms. The zero-order valence-electron chi connectivity index (χ0n) is 16.7. The van der Waals surface area contributed by atoms with Crippen LogP contribution in [0, 0.1) is 13.8 Å². The summed E-state index contributed by atoms with van der Waals surface area (Å²) in [5, 5.41) is 3.44. The Hall–Kier alpha value is -3.52. The molecule has 3 N–H and O–H groups in total. The number of nitrogens with zero attached hydrogens (tertiary/aromatic N) is 1. The number of carbonyl (C=O) groups is 3. The van der Waals surface area contributed by atoms with Gasteiger partial charge in [0.2, 0.25) is 5.91 Å². The fourth-order valence-corrected chi connectivity index (χ4v) is 3.74. The van der Waals surface area contributed by atoms with E-state index >= 15 is 0 Å². The van der Waals surface area contributed by atoms with Gasteiger partial charge in [0.05, 0.1) is 5.69 Å². The van der Waals surface area contributed by atoms with Gasteiger partial charge in [-0.05, 0) is 25.5 Å². The molecule has 3 amide bonds. The summed E-state index contributed by atoms with van der Waals surface area (Å²) in [7, 11) is 0. The van der Waals surface area contributed by atoms with Crippen molar-refractivity contribution in [1.29, 1.82) is 0 Å². The maximum atomic E-state index is 12.4. The zero-order chi connectivity index (χ0) is 21.5. The molecule has 0 spiro atoms. The Bertz CT molecular complexity index is 1060. The van der Waals surface area contributed by atoms with Crippen molar-refractivity contribution in [2.24, 2.45) is 0 Å². The summed E-state index contributed by atoms with van der Waals surface area (Å²) in [6.45, 7) is 3.76. The lowest BCUT2D eigenvalue weighted by molar-refractivity contribution is -0.121. The Morgan fingerprint density at radius 2 is 1.60 bits per heavy atom. The molecule has 0 radical (unpaired) electrons. The van der Waals surface area contributed by atoms with E-state index in [1.54, 1.807) is 19.1 Å². The van der Waals surface area contributed by atoms with E-state index in [1.807, 2.05) is 49.4 Å². The largest absolute Gasteiger partial charge is 0.352 e. The quantitative estimate of drug-likeness (QED) is 0.532. The van der Waals surface area contributed by atoms with Gasteiger partial charge in [0, 0.05) is 24.1 Å². The smallest absolute Gasteiger partial charge is 0.281 e. The molecule has 3 rings (SSSR count). The average molecular weight is 423 g/mol. The average Bonchev–Trinajstić information content (AvgIpc) is 3.14. The van der Waals surface area contributed by atoms with Crippen LogP contribution in [0.15, 0.2) is 54.6 Å². The third-order valence-electron chi connectivity index (χ3n) is 4.37. The van der Waals surface area contributed by atoms with Gasteiger partial charge >= 0.3 is 0 Å². The lowest BCUT2D eigenvalue weighted by atomic mass is 10.1. The normalized spacial score (nSPS) is 10.3. The fraction of sp³-hybridized carbons (Fsp3) is 0.182. The molecule has 3 aromatic rings. The Morgan fingerprint density at radius 3 is 2.33 bits per heavy atom. The first-order chi connectivity index (χ1) is 14.5. The molecule has 0 aliphatic rings. The summed E-state index contributed by atoms with van der Waals surface area (Å²) in [5.74, 6) is -1.07. The molecule has 0 aliphatic heterocycles. The SMILES string of the molecule is Cc1ccccc1C(=O)NCCC(=O)NNC(=O)c1sc(-c2ccccc2)nc1C. The number of hydrogen-bond donors (Lipinski definition) is 3. The second-order valence-corrected chi connectivity index (χ2v) is 7.62. The molecule has 1 heterocycles. The molecule has 0 aliphatic carbocycles. The van der Waals surface area contributed by atoms with Gasteiger partial charge in [-0.1, -0.05) is 48.5 Å². The van der Waals surface area contributed by atoms with E-state index in [2.05, 4.69) is 21.2 Å². The van der Waals surface area contributed by atoms with Crippen LogP contribution in [0.5, 0.6) is 0 Å². The van der Waals surface area contributed by atoms with E-state index in [9.17, 15) is 14.4 Å². The highest BCUT2D eigenvalue weighted by Crippen LogP contribution is 2.27. The summed E-state index contributed by atoms with van der Waals surface area (Å²) < 4.78 is 0. The summed E-state index contributed by atoms with van der Waals surface area (Å²) in [6.07, 6.45) is 0.0365. The van der Waals surface area contributed by atoms with E-state index in [0.29, 0.717) is 16.1 Å². The van der Waals surface area contributed by atoms with Crippen molar-refractivity contribution < 1.29 is 14.4 Å². The number of aryl methyl sites for hydroxylation is 2. The standard InChI is InChI=1S/C22H22N4O3S/c1-14-8-6-7-11-17(14)20(28)23-13-12-18(27)25-26-21(29)19-15(2)24-22(30-19)16-9-4-3-5-10-16/h3-11H,12-13H2,1-2H3,(H,23,28)(H,25,27)(H,26,29). The molecule has 30 heavy (non-hydrogen) atoms. The predicted molar refractivity (Wildman–Crippen MR) is 116 cm³/mol. The van der Waals surface area contributed by atoms with Gasteiger partial charge < -0.3 is 5.32 Å². The second-order valence-electron chi connectivity index (χ2n) is 6.62. The minimum Gasteiger partial charge on any atom is -0.352 e. The van der Waals surface area contributed by atoms with Crippen LogP contribution in [0.25, 0.3) is 10.6 Å². The summed E-state index contributed by atoms with van der Waals surface area (Å²) >= 11 is 1.26. The van der Waals surface area contributed by atoms with Gasteiger partial charge in [-0.2, -0.15) is 0 Å². The number of aromatic nitrogens is 1. The molecule has 0 unspecified atom stereocenters. The number of hydrazine groups is 1. The maximum absolute atomic E-state index is 12.4. The fourth-order valence-electron chi connectivity index (χ4n) is 2.77. The highest BCUT2D eigenvalue weighted by atomic mass is 32.1. The molecule has 2 aromatic carbocycles. The number of nitrogens with one attached hydrogen (secondary N) is 3. The van der Waals surface area contributed by atoms with Crippen molar-refractivity contribution in [1.82, 2.24) is 21.2 Å². The summed E-state index contributed by atoms with van der Waals surface area (Å²) in [6, 6.07) is 16.8. The van der Waals surface area contributed by atoms with Crippen molar-refractivity contribution in [3.05, 3.63) is 76.3 Å². The number of rotatable bonds is 6. The van der Waals surface area contributed by atoms with Gasteiger partial charge in [0.25, 0.3) is 11.8 Å². The van der Waals surface area contributed by atoms with Crippen molar-refractivity contribution in [3.8, 4) is 10.6 Å². The molecular weight excluding hydrogens is 400 g/mol. The minimum atomic E-state index is -0.426. The van der Waals surface area contributed by atoms with Gasteiger partial charge in [-0.15, -0.1) is 11.3 Å². The Morgan fingerprint density at radius 1 is 0.900 bits per heavy atom. The Balaban J connectivity index is 1.47. The highest BCUT2D eigenvalue weighted by Gasteiger charge is 2.17. The van der Waals surface area contributed by atoms with E-state index in [4.69, 9.17) is 0 Å². The third-order valence-corrected chi connectivity index (χ3v) is 5.57. The summed E-state index contributed by atoms with van der Waals surface area (Å²) in [4.78, 5) is 41.4. The van der Waals surface area contributed by atoms with Crippen molar-refractivity contribution in [2.45, 2.75) is 20.3 Å². The zero-order valence-corrected chi connectivity index (χ0v) is 17.5. The first kappa shape index (κ1) is 21.2. The number of amides is 3. The monoisotopic (exact) mass is 422 g/mol. The molecule has 7 nitrogen and oxygen atoms in total. The first-order valence-corrected chi connectivity index (χ1v) is 10.2. The Kier molecular flexibility index (Phi) is 6.92. The van der Waals surface area contributed by atoms with E-state index in [1.165, 1.54) is 11.3 Å². The predicted octanol–water partition coefficient (Wildman–Crippen LogP) is 3.01. The molecule has 1 aromatic heterocycles. The molecule has 0 atom stereocenters. The van der Waals surface area contributed by atoms with Crippen LogP contribution in [0.4, 0.5) is 0 Å². The van der Waals surface area contributed by atoms with E-state index in [-0.39, 0.29) is 18.9 Å². The van der Waals surface area contributed by atoms with Crippen LogP contribution in [-0.2, 0) is 4.79 Å². The first-order valence-electron chi connectivity index (χ1n) is 9.41. The number of carbonyl (C=O) groups excluding carboxylic acids is 3. The van der Waals surface area contributed by atoms with Gasteiger partial charge in [-0.3, -0.25) is 25.2 Å². The van der Waals surface area contributed by atoms with Crippen LogP contribution >= 0.6 is 11.3 Å². The third kappa shape index (κ3) is 5.30. The van der Waals surface area contributed by atoms with E-state index < -0.39 is 11.8 Å².